The maximum Gasteiger partial charge on any atom is 0.273 e. The van der Waals surface area contributed by atoms with Crippen LogP contribution in [0.1, 0.15) is 27.7 Å². The number of nitrogens with zero attached hydrogens (tertiary/aromatic N) is 3. The average Bonchev–Trinajstić information content (AvgIpc) is 3.10. The number of aryl methyl sites for hydroxylation is 1. The van der Waals surface area contributed by atoms with Crippen molar-refractivity contribution in [3.8, 4) is 5.69 Å². The summed E-state index contributed by atoms with van der Waals surface area (Å²) in [5.74, 6) is -1.01. The lowest BCUT2D eigenvalue weighted by Gasteiger charge is -2.12. The molecule has 0 radical (unpaired) electrons. The van der Waals surface area contributed by atoms with Gasteiger partial charge in [0.1, 0.15) is 5.82 Å². The molecule has 25 heavy (non-hydrogen) atoms. The number of halogens is 1. The van der Waals surface area contributed by atoms with Crippen molar-refractivity contribution in [2.45, 2.75) is 13.0 Å². The van der Waals surface area contributed by atoms with Gasteiger partial charge < -0.3 is 10.4 Å². The molecule has 0 fully saturated rings. The van der Waals surface area contributed by atoms with E-state index in [4.69, 9.17) is 0 Å². The minimum Gasteiger partial charge on any atom is -0.386 e. The first kappa shape index (κ1) is 16.8. The number of carbonyl (C=O) groups excluding carboxylic acids is 1. The number of aliphatic hydroxyl groups is 1. The Labute approximate surface area is 143 Å². The monoisotopic (exact) mass is 340 g/mol. The summed E-state index contributed by atoms with van der Waals surface area (Å²) in [6, 6.07) is 13.5. The average molecular weight is 340 g/mol. The predicted octanol–water partition coefficient (Wildman–Crippen LogP) is 2.18. The normalized spacial score (nSPS) is 12.0. The van der Waals surface area contributed by atoms with Crippen molar-refractivity contribution < 1.29 is 14.3 Å². The van der Waals surface area contributed by atoms with Gasteiger partial charge in [0, 0.05) is 12.1 Å². The topological polar surface area (TPSA) is 80.0 Å². The summed E-state index contributed by atoms with van der Waals surface area (Å²) in [7, 11) is 0. The van der Waals surface area contributed by atoms with E-state index in [-0.39, 0.29) is 17.8 Å². The Morgan fingerprint density at radius 2 is 2.08 bits per heavy atom. The molecule has 1 atom stereocenters. The van der Waals surface area contributed by atoms with E-state index in [0.717, 1.165) is 11.3 Å². The van der Waals surface area contributed by atoms with Gasteiger partial charge in [-0.05, 0) is 30.7 Å². The molecule has 1 aromatic heterocycles. The highest BCUT2D eigenvalue weighted by atomic mass is 19.1. The first-order chi connectivity index (χ1) is 12.0. The van der Waals surface area contributed by atoms with Crippen LogP contribution in [0.2, 0.25) is 0 Å². The van der Waals surface area contributed by atoms with E-state index in [1.165, 1.54) is 29.1 Å². The summed E-state index contributed by atoms with van der Waals surface area (Å²) in [6.45, 7) is 1.83. The van der Waals surface area contributed by atoms with Crippen LogP contribution in [0, 0.1) is 12.7 Å². The zero-order valence-corrected chi connectivity index (χ0v) is 13.6. The lowest BCUT2D eigenvalue weighted by molar-refractivity contribution is 0.0909. The maximum atomic E-state index is 13.6. The number of hydrogen-bond donors (Lipinski definition) is 2. The van der Waals surface area contributed by atoms with Crippen molar-refractivity contribution in [3.63, 3.8) is 0 Å². The first-order valence-electron chi connectivity index (χ1n) is 7.74. The van der Waals surface area contributed by atoms with Gasteiger partial charge in [-0.2, -0.15) is 0 Å². The van der Waals surface area contributed by atoms with Gasteiger partial charge in [-0.3, -0.25) is 4.79 Å². The molecular weight excluding hydrogens is 323 g/mol. The van der Waals surface area contributed by atoms with Gasteiger partial charge in [-0.25, -0.2) is 9.07 Å². The van der Waals surface area contributed by atoms with E-state index in [0.29, 0.717) is 0 Å². The lowest BCUT2D eigenvalue weighted by Crippen LogP contribution is -2.29. The summed E-state index contributed by atoms with van der Waals surface area (Å²) >= 11 is 0. The van der Waals surface area contributed by atoms with Gasteiger partial charge in [0.05, 0.1) is 18.0 Å². The lowest BCUT2D eigenvalue weighted by atomic mass is 10.1. The maximum absolute atomic E-state index is 13.6. The molecule has 1 amide bonds. The van der Waals surface area contributed by atoms with Crippen LogP contribution in [-0.4, -0.2) is 32.6 Å². The Bertz CT molecular complexity index is 894. The van der Waals surface area contributed by atoms with Crippen molar-refractivity contribution in [2.24, 2.45) is 0 Å². The third-order valence-corrected chi connectivity index (χ3v) is 3.71. The molecule has 3 rings (SSSR count). The zero-order chi connectivity index (χ0) is 17.8. The third-order valence-electron chi connectivity index (χ3n) is 3.71. The number of carbonyl (C=O) groups is 1. The highest BCUT2D eigenvalue weighted by Crippen LogP contribution is 2.16. The van der Waals surface area contributed by atoms with Crippen LogP contribution in [0.4, 0.5) is 4.39 Å². The van der Waals surface area contributed by atoms with Crippen molar-refractivity contribution in [2.75, 3.05) is 6.54 Å². The third kappa shape index (κ3) is 3.89. The van der Waals surface area contributed by atoms with Gasteiger partial charge >= 0.3 is 0 Å². The standard InChI is InChI=1S/C18H17FN4O2/c1-12-5-4-6-13(9-12)23-11-16(21-22-23)18(25)20-10-17(24)14-7-2-3-8-15(14)19/h2-9,11,17,24H,10H2,1H3,(H,20,25). The van der Waals surface area contributed by atoms with Gasteiger partial charge in [0.25, 0.3) is 5.91 Å². The van der Waals surface area contributed by atoms with Gasteiger partial charge in [0.15, 0.2) is 5.69 Å². The molecule has 0 saturated carbocycles. The van der Waals surface area contributed by atoms with Gasteiger partial charge in [0.2, 0.25) is 0 Å². The number of nitrogens with one attached hydrogen (secondary N) is 1. The molecular formula is C18H17FN4O2. The highest BCUT2D eigenvalue weighted by molar-refractivity contribution is 5.91. The Balaban J connectivity index is 1.65. The molecule has 1 unspecified atom stereocenters. The van der Waals surface area contributed by atoms with Crippen LogP contribution in [0.5, 0.6) is 0 Å². The molecule has 0 bridgehead atoms. The summed E-state index contributed by atoms with van der Waals surface area (Å²) in [5.41, 5.74) is 2.10. The van der Waals surface area contributed by atoms with E-state index >= 15 is 0 Å². The van der Waals surface area contributed by atoms with Gasteiger partial charge in [-0.1, -0.05) is 35.5 Å². The number of amides is 1. The van der Waals surface area contributed by atoms with Crippen molar-refractivity contribution in [3.05, 3.63) is 77.4 Å². The predicted molar refractivity (Wildman–Crippen MR) is 89.8 cm³/mol. The number of rotatable bonds is 5. The van der Waals surface area contributed by atoms with Crippen molar-refractivity contribution in [1.29, 1.82) is 0 Å². The molecule has 2 N–H and O–H groups in total. The van der Waals surface area contributed by atoms with E-state index in [2.05, 4.69) is 15.6 Å². The molecule has 7 heteroatoms. The smallest absolute Gasteiger partial charge is 0.273 e. The minimum atomic E-state index is -1.14. The molecule has 0 spiro atoms. The number of aliphatic hydroxyl groups excluding tert-OH is 1. The molecule has 3 aromatic rings. The quantitative estimate of drug-likeness (QED) is 0.746. The van der Waals surface area contributed by atoms with E-state index < -0.39 is 17.8 Å². The number of benzene rings is 2. The highest BCUT2D eigenvalue weighted by Gasteiger charge is 2.16. The van der Waals surface area contributed by atoms with Crippen LogP contribution in [0.25, 0.3) is 5.69 Å². The second kappa shape index (κ2) is 7.23. The molecule has 0 aliphatic rings. The molecule has 1 heterocycles. The summed E-state index contributed by atoms with van der Waals surface area (Å²) < 4.78 is 15.1. The van der Waals surface area contributed by atoms with Crippen LogP contribution in [0.15, 0.2) is 54.7 Å². The Morgan fingerprint density at radius 3 is 2.84 bits per heavy atom. The summed E-state index contributed by atoms with van der Waals surface area (Å²) in [4.78, 5) is 12.1. The fourth-order valence-electron chi connectivity index (χ4n) is 2.40. The fourth-order valence-corrected chi connectivity index (χ4v) is 2.40. The van der Waals surface area contributed by atoms with Crippen LogP contribution in [-0.2, 0) is 0 Å². The van der Waals surface area contributed by atoms with Crippen LogP contribution in [0.3, 0.4) is 0 Å². The Kier molecular flexibility index (Phi) is 4.85. The van der Waals surface area contributed by atoms with Crippen LogP contribution < -0.4 is 5.32 Å². The van der Waals surface area contributed by atoms with E-state index in [9.17, 15) is 14.3 Å². The second-order valence-corrected chi connectivity index (χ2v) is 5.63. The fraction of sp³-hybridized carbons (Fsp3) is 0.167. The Morgan fingerprint density at radius 1 is 1.28 bits per heavy atom. The minimum absolute atomic E-state index is 0.113. The first-order valence-corrected chi connectivity index (χ1v) is 7.74. The molecule has 6 nitrogen and oxygen atoms in total. The molecule has 0 aliphatic carbocycles. The SMILES string of the molecule is Cc1cccc(-n2cc(C(=O)NCC(O)c3ccccc3F)nn2)c1. The summed E-state index contributed by atoms with van der Waals surface area (Å²) in [5, 5.41) is 20.3. The van der Waals surface area contributed by atoms with Crippen molar-refractivity contribution >= 4 is 5.91 Å². The summed E-state index contributed by atoms with van der Waals surface area (Å²) in [6.07, 6.45) is 0.358. The van der Waals surface area contributed by atoms with Gasteiger partial charge in [-0.15, -0.1) is 5.10 Å². The van der Waals surface area contributed by atoms with Crippen LogP contribution >= 0.6 is 0 Å². The number of aromatic nitrogens is 3. The number of hydrogen-bond acceptors (Lipinski definition) is 4. The second-order valence-electron chi connectivity index (χ2n) is 5.63. The van der Waals surface area contributed by atoms with E-state index in [1.807, 2.05) is 31.2 Å². The molecule has 0 saturated heterocycles. The molecule has 0 aliphatic heterocycles. The van der Waals surface area contributed by atoms with Crippen molar-refractivity contribution in [1.82, 2.24) is 20.3 Å². The van der Waals surface area contributed by atoms with E-state index in [1.54, 1.807) is 6.07 Å². The Hall–Kier alpha value is -3.06. The largest absolute Gasteiger partial charge is 0.386 e. The molecule has 2 aromatic carbocycles. The molecule has 128 valence electrons. The zero-order valence-electron chi connectivity index (χ0n) is 13.6.